The molecule has 10 heteroatoms. The minimum atomic E-state index is -3.76. The normalized spacial score (nSPS) is 15.6. The molecule has 1 aliphatic heterocycles. The number of amides is 2. The Morgan fingerprint density at radius 3 is 2.31 bits per heavy atom. The Balaban J connectivity index is 1.91. The van der Waals surface area contributed by atoms with Gasteiger partial charge in [0.1, 0.15) is 0 Å². The molecule has 0 bridgehead atoms. The number of benzene rings is 2. The topological polar surface area (TPSA) is 120 Å². The summed E-state index contributed by atoms with van der Waals surface area (Å²) in [4.78, 5) is 26.2. The Labute approximate surface area is 207 Å². The molecule has 1 aliphatic rings. The summed E-state index contributed by atoms with van der Waals surface area (Å²) >= 11 is 0. The van der Waals surface area contributed by atoms with Gasteiger partial charge < -0.3 is 16.0 Å². The van der Waals surface area contributed by atoms with Gasteiger partial charge in [0, 0.05) is 43.3 Å². The largest absolute Gasteiger partial charge is 0.351 e. The summed E-state index contributed by atoms with van der Waals surface area (Å²) in [5.74, 6) is -0.783. The summed E-state index contributed by atoms with van der Waals surface area (Å²) in [7, 11) is -3.76. The Hall–Kier alpha value is -2.95. The molecule has 2 amide bonds. The molecule has 0 radical (unpaired) electrons. The van der Waals surface area contributed by atoms with Gasteiger partial charge in [0.05, 0.1) is 11.2 Å². The molecule has 1 heterocycles. The van der Waals surface area contributed by atoms with E-state index in [0.29, 0.717) is 26.1 Å². The van der Waals surface area contributed by atoms with Crippen molar-refractivity contribution >= 4 is 27.7 Å². The lowest BCUT2D eigenvalue weighted by Gasteiger charge is -2.30. The van der Waals surface area contributed by atoms with Crippen molar-refractivity contribution in [2.45, 2.75) is 45.7 Å². The lowest BCUT2D eigenvalue weighted by molar-refractivity contribution is 0.0912. The van der Waals surface area contributed by atoms with E-state index >= 15 is 0 Å². The monoisotopic (exact) mass is 501 g/mol. The van der Waals surface area contributed by atoms with Gasteiger partial charge in [-0.2, -0.15) is 13.1 Å². The van der Waals surface area contributed by atoms with Gasteiger partial charge >= 0.3 is 10.2 Å². The second kappa shape index (κ2) is 11.2. The van der Waals surface area contributed by atoms with E-state index in [-0.39, 0.29) is 35.3 Å². The highest BCUT2D eigenvalue weighted by Crippen LogP contribution is 2.25. The smallest absolute Gasteiger partial charge is 0.301 e. The number of rotatable bonds is 9. The summed E-state index contributed by atoms with van der Waals surface area (Å²) in [6, 6.07) is 14.3. The average molecular weight is 502 g/mol. The second-order valence-corrected chi connectivity index (χ2v) is 11.1. The molecular formula is C25H35N5O4S. The molecular weight excluding hydrogens is 466 g/mol. The van der Waals surface area contributed by atoms with Crippen molar-refractivity contribution in [1.29, 1.82) is 0 Å². The minimum Gasteiger partial charge on any atom is -0.351 e. The van der Waals surface area contributed by atoms with Gasteiger partial charge in [0.2, 0.25) is 0 Å². The summed E-state index contributed by atoms with van der Waals surface area (Å²) < 4.78 is 29.0. The van der Waals surface area contributed by atoms with Gasteiger partial charge in [0.15, 0.2) is 0 Å². The van der Waals surface area contributed by atoms with E-state index in [4.69, 9.17) is 0 Å². The maximum Gasteiger partial charge on any atom is 0.301 e. The van der Waals surface area contributed by atoms with Crippen molar-refractivity contribution in [3.8, 4) is 0 Å². The van der Waals surface area contributed by atoms with Crippen LogP contribution in [0.2, 0.25) is 0 Å². The molecule has 2 aromatic rings. The highest BCUT2D eigenvalue weighted by molar-refractivity contribution is 7.90. The van der Waals surface area contributed by atoms with Gasteiger partial charge in [-0.3, -0.25) is 13.9 Å². The van der Waals surface area contributed by atoms with Crippen LogP contribution in [0.15, 0.2) is 48.5 Å². The van der Waals surface area contributed by atoms with Gasteiger partial charge in [-0.25, -0.2) is 0 Å². The van der Waals surface area contributed by atoms with Crippen LogP contribution in [-0.4, -0.2) is 52.5 Å². The Kier molecular flexibility index (Phi) is 8.52. The summed E-state index contributed by atoms with van der Waals surface area (Å²) in [5.41, 5.74) is 0.932. The quantitative estimate of drug-likeness (QED) is 0.393. The molecule has 0 atom stereocenters. The number of nitrogens with zero attached hydrogens (tertiary/aromatic N) is 1. The predicted molar refractivity (Wildman–Crippen MR) is 138 cm³/mol. The molecule has 2 aromatic carbocycles. The van der Waals surface area contributed by atoms with Crippen LogP contribution in [0.1, 0.15) is 60.4 Å². The molecule has 0 saturated carbocycles. The molecule has 1 saturated heterocycles. The first-order chi connectivity index (χ1) is 16.5. The number of nitrogens with one attached hydrogen (secondary N) is 4. The van der Waals surface area contributed by atoms with Crippen molar-refractivity contribution in [2.75, 3.05) is 30.5 Å². The van der Waals surface area contributed by atoms with Crippen LogP contribution in [-0.2, 0) is 15.7 Å². The molecule has 3 rings (SSSR count). The minimum absolute atomic E-state index is 0.206. The van der Waals surface area contributed by atoms with E-state index in [0.717, 1.165) is 5.56 Å². The van der Waals surface area contributed by atoms with Crippen molar-refractivity contribution in [2.24, 2.45) is 0 Å². The fourth-order valence-electron chi connectivity index (χ4n) is 3.83. The summed E-state index contributed by atoms with van der Waals surface area (Å²) in [6.07, 6.45) is 0.610. The van der Waals surface area contributed by atoms with Crippen molar-refractivity contribution in [1.82, 2.24) is 20.7 Å². The Bertz CT molecular complexity index is 1150. The zero-order valence-electron chi connectivity index (χ0n) is 20.7. The standard InChI is InChI=1S/C25H35N5O4S/c1-18(2)26-12-13-27-23(31)19-15-20(17-22(16-19)30-14-8-11-28-35(30,33)34)24(32)29-25(3,4)21-9-6-5-7-10-21/h5-7,9-10,15-18,26,28H,8,11-14H2,1-4H3,(H,27,31)(H,29,32). The van der Waals surface area contributed by atoms with Crippen LogP contribution in [0, 0.1) is 0 Å². The lowest BCUT2D eigenvalue weighted by atomic mass is 9.93. The number of carbonyl (C=O) groups excluding carboxylic acids is 2. The molecule has 35 heavy (non-hydrogen) atoms. The van der Waals surface area contributed by atoms with Crippen molar-refractivity contribution in [3.05, 3.63) is 65.2 Å². The predicted octanol–water partition coefficient (Wildman–Crippen LogP) is 2.12. The van der Waals surface area contributed by atoms with E-state index in [1.165, 1.54) is 22.5 Å². The van der Waals surface area contributed by atoms with Gasteiger partial charge in [-0.1, -0.05) is 44.2 Å². The third kappa shape index (κ3) is 7.03. The molecule has 9 nitrogen and oxygen atoms in total. The summed E-state index contributed by atoms with van der Waals surface area (Å²) in [6.45, 7) is 9.40. The molecule has 190 valence electrons. The molecule has 0 spiro atoms. The van der Waals surface area contributed by atoms with Crippen LogP contribution < -0.4 is 25.0 Å². The van der Waals surface area contributed by atoms with Crippen molar-refractivity contribution in [3.63, 3.8) is 0 Å². The van der Waals surface area contributed by atoms with E-state index in [1.54, 1.807) is 0 Å². The highest BCUT2D eigenvalue weighted by Gasteiger charge is 2.29. The number of carbonyl (C=O) groups is 2. The number of anilines is 1. The second-order valence-electron chi connectivity index (χ2n) is 9.40. The third-order valence-electron chi connectivity index (χ3n) is 5.73. The maximum atomic E-state index is 13.3. The third-order valence-corrected chi connectivity index (χ3v) is 7.27. The van der Waals surface area contributed by atoms with E-state index in [9.17, 15) is 18.0 Å². The molecule has 0 aliphatic carbocycles. The first-order valence-corrected chi connectivity index (χ1v) is 13.3. The van der Waals surface area contributed by atoms with E-state index < -0.39 is 21.7 Å². The molecule has 0 aromatic heterocycles. The Morgan fingerprint density at radius 1 is 1.03 bits per heavy atom. The lowest BCUT2D eigenvalue weighted by Crippen LogP contribution is -2.47. The van der Waals surface area contributed by atoms with Crippen molar-refractivity contribution < 1.29 is 18.0 Å². The fraction of sp³-hybridized carbons (Fsp3) is 0.440. The van der Waals surface area contributed by atoms with Crippen LogP contribution in [0.3, 0.4) is 0 Å². The van der Waals surface area contributed by atoms with Gasteiger partial charge in [-0.05, 0) is 44.0 Å². The number of hydrogen-bond acceptors (Lipinski definition) is 5. The van der Waals surface area contributed by atoms with Gasteiger partial charge in [-0.15, -0.1) is 0 Å². The SMILES string of the molecule is CC(C)NCCNC(=O)c1cc(C(=O)NC(C)(C)c2ccccc2)cc(N2CCCNS2(=O)=O)c1. The Morgan fingerprint density at radius 2 is 1.69 bits per heavy atom. The van der Waals surface area contributed by atoms with Crippen LogP contribution in [0.25, 0.3) is 0 Å². The zero-order chi connectivity index (χ0) is 25.6. The van der Waals surface area contributed by atoms with Crippen LogP contribution in [0.5, 0.6) is 0 Å². The number of hydrogen-bond donors (Lipinski definition) is 4. The molecule has 0 unspecified atom stereocenters. The van der Waals surface area contributed by atoms with Gasteiger partial charge in [0.25, 0.3) is 11.8 Å². The van der Waals surface area contributed by atoms with E-state index in [1.807, 2.05) is 58.0 Å². The van der Waals surface area contributed by atoms with Crippen LogP contribution in [0.4, 0.5) is 5.69 Å². The molecule has 1 fully saturated rings. The first-order valence-electron chi connectivity index (χ1n) is 11.8. The highest BCUT2D eigenvalue weighted by atomic mass is 32.2. The summed E-state index contributed by atoms with van der Waals surface area (Å²) in [5, 5.41) is 9.06. The maximum absolute atomic E-state index is 13.3. The average Bonchev–Trinajstić information content (AvgIpc) is 2.81. The van der Waals surface area contributed by atoms with Crippen LogP contribution >= 0.6 is 0 Å². The first kappa shape index (κ1) is 26.7. The zero-order valence-corrected chi connectivity index (χ0v) is 21.5. The fourth-order valence-corrected chi connectivity index (χ4v) is 5.14. The van der Waals surface area contributed by atoms with E-state index in [2.05, 4.69) is 20.7 Å². The molecule has 4 N–H and O–H groups in total.